The first-order valence-corrected chi connectivity index (χ1v) is 13.6. The standard InChI is InChI=1S/C30H27Cl2F3N2O4/c1-2-3-21(17-4-6-19(7-5-17)29(40)36-15-14-25(38)39)26(18-8-10-20(11-9-18)41-30(33,34)35)23-16-37-28-22(23)12-13-24(31)27(28)32/h4-13,16,21,26,37H,2-3,14-15H2,1H3,(H,36,40)(H,38,39). The number of aromatic amines is 1. The van der Waals surface area contributed by atoms with Crippen LogP contribution in [0.15, 0.2) is 66.9 Å². The van der Waals surface area contributed by atoms with Crippen LogP contribution < -0.4 is 10.1 Å². The maximum absolute atomic E-state index is 12.8. The lowest BCUT2D eigenvalue weighted by Crippen LogP contribution is -2.26. The molecular formula is C30H27Cl2F3N2O4. The summed E-state index contributed by atoms with van der Waals surface area (Å²) < 4.78 is 42.5. The fraction of sp³-hybridized carbons (Fsp3) is 0.267. The molecule has 11 heteroatoms. The molecule has 0 radical (unpaired) electrons. The Morgan fingerprint density at radius 2 is 1.66 bits per heavy atom. The van der Waals surface area contributed by atoms with E-state index in [1.165, 1.54) is 12.1 Å². The normalized spacial score (nSPS) is 13.1. The molecule has 0 saturated heterocycles. The average molecular weight is 607 g/mol. The predicted molar refractivity (Wildman–Crippen MR) is 152 cm³/mol. The van der Waals surface area contributed by atoms with Crippen molar-refractivity contribution in [3.8, 4) is 5.75 Å². The van der Waals surface area contributed by atoms with Crippen LogP contribution in [0, 0.1) is 0 Å². The number of benzene rings is 3. The van der Waals surface area contributed by atoms with Gasteiger partial charge in [-0.3, -0.25) is 9.59 Å². The number of rotatable bonds is 11. The van der Waals surface area contributed by atoms with Gasteiger partial charge in [-0.1, -0.05) is 66.9 Å². The van der Waals surface area contributed by atoms with Gasteiger partial charge in [0.2, 0.25) is 0 Å². The highest BCUT2D eigenvalue weighted by atomic mass is 35.5. The molecule has 2 unspecified atom stereocenters. The molecule has 2 atom stereocenters. The number of halogens is 5. The van der Waals surface area contributed by atoms with E-state index in [9.17, 15) is 22.8 Å². The molecule has 1 heterocycles. The minimum atomic E-state index is -4.81. The van der Waals surface area contributed by atoms with Gasteiger partial charge in [-0.25, -0.2) is 0 Å². The van der Waals surface area contributed by atoms with Crippen LogP contribution in [0.5, 0.6) is 5.75 Å². The van der Waals surface area contributed by atoms with Crippen molar-refractivity contribution in [2.24, 2.45) is 0 Å². The third kappa shape index (κ3) is 7.34. The third-order valence-electron chi connectivity index (χ3n) is 6.81. The Bertz CT molecular complexity index is 1520. The Balaban J connectivity index is 1.76. The van der Waals surface area contributed by atoms with E-state index in [2.05, 4.69) is 15.0 Å². The Morgan fingerprint density at radius 1 is 1.00 bits per heavy atom. The molecule has 41 heavy (non-hydrogen) atoms. The Kier molecular flexibility index (Phi) is 9.50. The molecule has 0 saturated carbocycles. The zero-order chi connectivity index (χ0) is 29.7. The summed E-state index contributed by atoms with van der Waals surface area (Å²) in [6, 6.07) is 16.4. The number of fused-ring (bicyclic) bond motifs is 1. The van der Waals surface area contributed by atoms with E-state index >= 15 is 0 Å². The van der Waals surface area contributed by atoms with Crippen LogP contribution in [-0.4, -0.2) is 34.9 Å². The van der Waals surface area contributed by atoms with Gasteiger partial charge in [0.05, 0.1) is 22.0 Å². The monoisotopic (exact) mass is 606 g/mol. The van der Waals surface area contributed by atoms with Gasteiger partial charge in [0, 0.05) is 29.6 Å². The number of nitrogens with one attached hydrogen (secondary N) is 2. The number of amides is 1. The van der Waals surface area contributed by atoms with Crippen molar-refractivity contribution >= 4 is 46.0 Å². The van der Waals surface area contributed by atoms with Crippen molar-refractivity contribution in [2.45, 2.75) is 44.4 Å². The Labute approximate surface area is 244 Å². The molecular weight excluding hydrogens is 580 g/mol. The highest BCUT2D eigenvalue weighted by molar-refractivity contribution is 6.45. The second kappa shape index (κ2) is 12.9. The highest BCUT2D eigenvalue weighted by Gasteiger charge is 2.32. The molecule has 0 aliphatic carbocycles. The quantitative estimate of drug-likeness (QED) is 0.160. The summed E-state index contributed by atoms with van der Waals surface area (Å²) in [4.78, 5) is 26.4. The van der Waals surface area contributed by atoms with E-state index in [1.807, 2.05) is 31.3 Å². The third-order valence-corrected chi connectivity index (χ3v) is 7.62. The number of hydrogen-bond acceptors (Lipinski definition) is 3. The number of aromatic nitrogens is 1. The van der Waals surface area contributed by atoms with Crippen molar-refractivity contribution in [2.75, 3.05) is 6.54 Å². The summed E-state index contributed by atoms with van der Waals surface area (Å²) in [5.41, 5.74) is 3.61. The van der Waals surface area contributed by atoms with Crippen molar-refractivity contribution in [1.82, 2.24) is 10.3 Å². The number of carbonyl (C=O) groups excluding carboxylic acids is 1. The average Bonchev–Trinajstić information content (AvgIpc) is 3.35. The Morgan fingerprint density at radius 3 is 2.27 bits per heavy atom. The fourth-order valence-electron chi connectivity index (χ4n) is 5.03. The molecule has 216 valence electrons. The van der Waals surface area contributed by atoms with Crippen LogP contribution in [0.2, 0.25) is 10.0 Å². The van der Waals surface area contributed by atoms with Crippen LogP contribution in [0.3, 0.4) is 0 Å². The number of carboxylic acids is 1. The number of carbonyl (C=O) groups is 2. The smallest absolute Gasteiger partial charge is 0.481 e. The maximum atomic E-state index is 12.8. The molecule has 3 aromatic carbocycles. The molecule has 4 aromatic rings. The predicted octanol–water partition coefficient (Wildman–Crippen LogP) is 8.29. The van der Waals surface area contributed by atoms with E-state index in [-0.39, 0.29) is 36.5 Å². The van der Waals surface area contributed by atoms with E-state index in [0.717, 1.165) is 34.9 Å². The lowest BCUT2D eigenvalue weighted by molar-refractivity contribution is -0.274. The molecule has 0 bridgehead atoms. The van der Waals surface area contributed by atoms with Gasteiger partial charge < -0.3 is 20.1 Å². The van der Waals surface area contributed by atoms with Crippen LogP contribution in [-0.2, 0) is 4.79 Å². The minimum Gasteiger partial charge on any atom is -0.481 e. The highest BCUT2D eigenvalue weighted by Crippen LogP contribution is 2.45. The van der Waals surface area contributed by atoms with Crippen LogP contribution >= 0.6 is 23.2 Å². The first-order valence-electron chi connectivity index (χ1n) is 12.9. The molecule has 0 fully saturated rings. The van der Waals surface area contributed by atoms with Crippen LogP contribution in [0.4, 0.5) is 13.2 Å². The van der Waals surface area contributed by atoms with Gasteiger partial charge in [0.15, 0.2) is 0 Å². The minimum absolute atomic E-state index is 0.0115. The summed E-state index contributed by atoms with van der Waals surface area (Å²) in [5.74, 6) is -2.15. The Hall–Kier alpha value is -3.69. The summed E-state index contributed by atoms with van der Waals surface area (Å²) in [5, 5.41) is 13.0. The van der Waals surface area contributed by atoms with E-state index in [0.29, 0.717) is 21.1 Å². The molecule has 0 spiro atoms. The number of aliphatic carboxylic acids is 1. The number of carboxylic acid groups (broad SMARTS) is 1. The number of ether oxygens (including phenoxy) is 1. The summed E-state index contributed by atoms with van der Waals surface area (Å²) in [7, 11) is 0. The molecule has 3 N–H and O–H groups in total. The van der Waals surface area contributed by atoms with Crippen molar-refractivity contribution in [3.05, 3.63) is 99.2 Å². The SMILES string of the molecule is CCCC(c1ccc(C(=O)NCCC(=O)O)cc1)C(c1ccc(OC(F)(F)F)cc1)c1c[nH]c2c(Cl)c(Cl)ccc12. The van der Waals surface area contributed by atoms with E-state index in [4.69, 9.17) is 28.3 Å². The van der Waals surface area contributed by atoms with Crippen molar-refractivity contribution in [3.63, 3.8) is 0 Å². The first-order chi connectivity index (χ1) is 19.5. The second-order valence-corrected chi connectivity index (χ2v) is 10.3. The van der Waals surface area contributed by atoms with Gasteiger partial charge >= 0.3 is 12.3 Å². The lowest BCUT2D eigenvalue weighted by Gasteiger charge is -2.29. The molecule has 6 nitrogen and oxygen atoms in total. The topological polar surface area (TPSA) is 91.4 Å². The zero-order valence-electron chi connectivity index (χ0n) is 21.9. The fourth-order valence-corrected chi connectivity index (χ4v) is 5.40. The van der Waals surface area contributed by atoms with Gasteiger partial charge in [0.25, 0.3) is 5.91 Å². The molecule has 1 amide bonds. The maximum Gasteiger partial charge on any atom is 0.573 e. The largest absolute Gasteiger partial charge is 0.573 e. The van der Waals surface area contributed by atoms with Gasteiger partial charge in [-0.2, -0.15) is 0 Å². The van der Waals surface area contributed by atoms with Gasteiger partial charge in [-0.15, -0.1) is 13.2 Å². The second-order valence-electron chi connectivity index (χ2n) is 9.54. The van der Waals surface area contributed by atoms with Crippen LogP contribution in [0.1, 0.15) is 65.1 Å². The summed E-state index contributed by atoms with van der Waals surface area (Å²) in [6.45, 7) is 2.05. The van der Waals surface area contributed by atoms with E-state index < -0.39 is 12.3 Å². The molecule has 0 aliphatic heterocycles. The molecule has 4 rings (SSSR count). The summed E-state index contributed by atoms with van der Waals surface area (Å²) >= 11 is 12.7. The van der Waals surface area contributed by atoms with E-state index in [1.54, 1.807) is 30.3 Å². The number of H-pyrrole nitrogens is 1. The molecule has 1 aromatic heterocycles. The van der Waals surface area contributed by atoms with Crippen molar-refractivity contribution < 1.29 is 32.6 Å². The van der Waals surface area contributed by atoms with Crippen LogP contribution in [0.25, 0.3) is 10.9 Å². The molecule has 0 aliphatic rings. The zero-order valence-corrected chi connectivity index (χ0v) is 23.4. The first kappa shape index (κ1) is 30.3. The number of alkyl halides is 3. The van der Waals surface area contributed by atoms with Gasteiger partial charge in [-0.05, 0) is 59.4 Å². The lowest BCUT2D eigenvalue weighted by atomic mass is 9.75. The number of hydrogen-bond donors (Lipinski definition) is 3. The van der Waals surface area contributed by atoms with Gasteiger partial charge in [0.1, 0.15) is 5.75 Å². The van der Waals surface area contributed by atoms with Crippen molar-refractivity contribution in [1.29, 1.82) is 0 Å². The summed E-state index contributed by atoms with van der Waals surface area (Å²) in [6.07, 6.45) is -1.62.